The Bertz CT molecular complexity index is 510. The van der Waals surface area contributed by atoms with Crippen molar-refractivity contribution in [2.24, 2.45) is 10.9 Å². The fourth-order valence-electron chi connectivity index (χ4n) is 3.16. The summed E-state index contributed by atoms with van der Waals surface area (Å²) in [5, 5.41) is 6.84. The molecule has 6 heteroatoms. The predicted octanol–water partition coefficient (Wildman–Crippen LogP) is 2.39. The molecule has 0 radical (unpaired) electrons. The zero-order chi connectivity index (χ0) is 16.6. The highest BCUT2D eigenvalue weighted by Crippen LogP contribution is 2.27. The number of hydrogen-bond donors (Lipinski definition) is 2. The van der Waals surface area contributed by atoms with Crippen LogP contribution < -0.4 is 15.5 Å². The molecule has 0 spiro atoms. The molecule has 1 aromatic carbocycles. The molecule has 1 saturated heterocycles. The van der Waals surface area contributed by atoms with Crippen LogP contribution in [0.15, 0.2) is 35.3 Å². The van der Waals surface area contributed by atoms with E-state index < -0.39 is 0 Å². The van der Waals surface area contributed by atoms with Gasteiger partial charge in [-0.05, 0) is 43.9 Å². The predicted molar refractivity (Wildman–Crippen MR) is 117 cm³/mol. The third-order valence-corrected chi connectivity index (χ3v) is 4.92. The molecule has 0 unspecified atom stereocenters. The average Bonchev–Trinajstić information content (AvgIpc) is 3.47. The summed E-state index contributed by atoms with van der Waals surface area (Å²) in [6.45, 7) is 7.79. The highest BCUT2D eigenvalue weighted by Gasteiger charge is 2.21. The average molecular weight is 457 g/mol. The summed E-state index contributed by atoms with van der Waals surface area (Å²) < 4.78 is 0. The maximum absolute atomic E-state index is 4.29. The van der Waals surface area contributed by atoms with E-state index in [0.717, 1.165) is 64.1 Å². The van der Waals surface area contributed by atoms with Crippen molar-refractivity contribution in [2.75, 3.05) is 57.8 Å². The van der Waals surface area contributed by atoms with Crippen LogP contribution in [0.25, 0.3) is 0 Å². The molecule has 1 saturated carbocycles. The summed E-state index contributed by atoms with van der Waals surface area (Å²) in [4.78, 5) is 9.35. The molecular weight excluding hydrogens is 425 g/mol. The van der Waals surface area contributed by atoms with Crippen LogP contribution in [0.3, 0.4) is 0 Å². The van der Waals surface area contributed by atoms with Gasteiger partial charge in [0.15, 0.2) is 5.96 Å². The van der Waals surface area contributed by atoms with Crippen LogP contribution in [0.5, 0.6) is 0 Å². The molecule has 1 heterocycles. The first-order valence-corrected chi connectivity index (χ1v) is 9.32. The van der Waals surface area contributed by atoms with Crippen molar-refractivity contribution in [1.29, 1.82) is 0 Å². The summed E-state index contributed by atoms with van der Waals surface area (Å²) in [5.74, 6) is 1.83. The lowest BCUT2D eigenvalue weighted by atomic mass is 10.2. The molecule has 2 fully saturated rings. The fraction of sp³-hybridized carbons (Fsp3) is 0.632. The second kappa shape index (κ2) is 10.9. The van der Waals surface area contributed by atoms with Crippen molar-refractivity contribution >= 4 is 35.6 Å². The number of nitrogens with one attached hydrogen (secondary N) is 2. The van der Waals surface area contributed by atoms with E-state index in [-0.39, 0.29) is 24.0 Å². The number of rotatable bonds is 7. The molecule has 0 aromatic heterocycles. The zero-order valence-electron chi connectivity index (χ0n) is 15.3. The van der Waals surface area contributed by atoms with E-state index in [2.05, 4.69) is 55.8 Å². The van der Waals surface area contributed by atoms with Crippen molar-refractivity contribution in [2.45, 2.75) is 19.3 Å². The number of halogens is 1. The van der Waals surface area contributed by atoms with Gasteiger partial charge in [-0.2, -0.15) is 0 Å². The summed E-state index contributed by atoms with van der Waals surface area (Å²) in [6.07, 6.45) is 3.91. The molecule has 3 rings (SSSR count). The van der Waals surface area contributed by atoms with Gasteiger partial charge in [-0.25, -0.2) is 0 Å². The largest absolute Gasteiger partial charge is 0.369 e. The SMILES string of the molecule is CN=C(NCCCN1CCN(c2ccccc2)CC1)NCC1CC1.I. The minimum Gasteiger partial charge on any atom is -0.369 e. The van der Waals surface area contributed by atoms with Crippen LogP contribution in [-0.2, 0) is 0 Å². The standard InChI is InChI=1S/C19H31N5.HI/c1-20-19(22-16-17-8-9-17)21-10-5-11-23-12-14-24(15-13-23)18-6-3-2-4-7-18;/h2-4,6-7,17H,5,8-16H2,1H3,(H2,20,21,22);1H. The van der Waals surface area contributed by atoms with Crippen LogP contribution in [-0.4, -0.2) is 63.7 Å². The highest BCUT2D eigenvalue weighted by molar-refractivity contribution is 14.0. The Balaban J connectivity index is 0.00000225. The van der Waals surface area contributed by atoms with Crippen LogP contribution >= 0.6 is 24.0 Å². The molecule has 1 aliphatic heterocycles. The minimum absolute atomic E-state index is 0. The number of hydrogen-bond acceptors (Lipinski definition) is 3. The second-order valence-electron chi connectivity index (χ2n) is 6.84. The summed E-state index contributed by atoms with van der Waals surface area (Å²) >= 11 is 0. The quantitative estimate of drug-likeness (QED) is 0.286. The molecule has 0 bridgehead atoms. The molecule has 140 valence electrons. The lowest BCUT2D eigenvalue weighted by Crippen LogP contribution is -2.47. The van der Waals surface area contributed by atoms with E-state index in [0.29, 0.717) is 0 Å². The lowest BCUT2D eigenvalue weighted by Gasteiger charge is -2.36. The third-order valence-electron chi connectivity index (χ3n) is 4.92. The van der Waals surface area contributed by atoms with Crippen molar-refractivity contribution < 1.29 is 0 Å². The van der Waals surface area contributed by atoms with Gasteiger partial charge in [0.05, 0.1) is 0 Å². The highest BCUT2D eigenvalue weighted by atomic mass is 127. The van der Waals surface area contributed by atoms with Crippen molar-refractivity contribution in [3.8, 4) is 0 Å². The Hall–Kier alpha value is -1.02. The zero-order valence-corrected chi connectivity index (χ0v) is 17.6. The molecule has 5 nitrogen and oxygen atoms in total. The summed E-state index contributed by atoms with van der Waals surface area (Å²) in [7, 11) is 1.85. The summed E-state index contributed by atoms with van der Waals surface area (Å²) in [6, 6.07) is 10.7. The maximum atomic E-state index is 4.29. The van der Waals surface area contributed by atoms with Gasteiger partial charge in [0.2, 0.25) is 0 Å². The maximum Gasteiger partial charge on any atom is 0.190 e. The monoisotopic (exact) mass is 457 g/mol. The van der Waals surface area contributed by atoms with Crippen molar-refractivity contribution in [1.82, 2.24) is 15.5 Å². The topological polar surface area (TPSA) is 42.9 Å². The number of anilines is 1. The molecule has 1 aromatic rings. The smallest absolute Gasteiger partial charge is 0.190 e. The third kappa shape index (κ3) is 7.01. The van der Waals surface area contributed by atoms with Gasteiger partial charge < -0.3 is 15.5 Å². The van der Waals surface area contributed by atoms with Gasteiger partial charge in [-0.15, -0.1) is 24.0 Å². The van der Waals surface area contributed by atoms with E-state index in [9.17, 15) is 0 Å². The van der Waals surface area contributed by atoms with Gasteiger partial charge in [-0.1, -0.05) is 18.2 Å². The van der Waals surface area contributed by atoms with E-state index in [1.165, 1.54) is 18.5 Å². The lowest BCUT2D eigenvalue weighted by molar-refractivity contribution is 0.255. The van der Waals surface area contributed by atoms with Crippen LogP contribution in [0.2, 0.25) is 0 Å². The van der Waals surface area contributed by atoms with Crippen molar-refractivity contribution in [3.63, 3.8) is 0 Å². The first-order chi connectivity index (χ1) is 11.8. The van der Waals surface area contributed by atoms with Gasteiger partial charge in [0, 0.05) is 52.0 Å². The molecule has 25 heavy (non-hydrogen) atoms. The van der Waals surface area contributed by atoms with Crippen LogP contribution in [0.1, 0.15) is 19.3 Å². The number of piperazine rings is 1. The first kappa shape index (κ1) is 20.3. The van der Waals surface area contributed by atoms with Gasteiger partial charge in [0.1, 0.15) is 0 Å². The van der Waals surface area contributed by atoms with E-state index in [1.54, 1.807) is 0 Å². The second-order valence-corrected chi connectivity index (χ2v) is 6.84. The Labute approximate surface area is 169 Å². The number of guanidine groups is 1. The van der Waals surface area contributed by atoms with E-state index >= 15 is 0 Å². The number of benzene rings is 1. The Morgan fingerprint density at radius 3 is 2.44 bits per heavy atom. The number of para-hydroxylation sites is 1. The number of aliphatic imine (C=N–C) groups is 1. The molecule has 0 atom stereocenters. The molecule has 2 aliphatic rings. The molecule has 1 aliphatic carbocycles. The van der Waals surface area contributed by atoms with E-state index in [4.69, 9.17) is 0 Å². The fourth-order valence-corrected chi connectivity index (χ4v) is 3.16. The first-order valence-electron chi connectivity index (χ1n) is 9.32. The molecular formula is C19H32IN5. The van der Waals surface area contributed by atoms with E-state index in [1.807, 2.05) is 7.05 Å². The Morgan fingerprint density at radius 2 is 1.80 bits per heavy atom. The normalized spacial score (nSPS) is 18.6. The summed E-state index contributed by atoms with van der Waals surface area (Å²) in [5.41, 5.74) is 1.35. The van der Waals surface area contributed by atoms with Gasteiger partial charge >= 0.3 is 0 Å². The van der Waals surface area contributed by atoms with Crippen LogP contribution in [0.4, 0.5) is 5.69 Å². The van der Waals surface area contributed by atoms with Crippen molar-refractivity contribution in [3.05, 3.63) is 30.3 Å². The Kier molecular flexibility index (Phi) is 8.81. The molecule has 2 N–H and O–H groups in total. The molecule has 0 amide bonds. The van der Waals surface area contributed by atoms with Gasteiger partial charge in [-0.3, -0.25) is 9.89 Å². The van der Waals surface area contributed by atoms with Gasteiger partial charge in [0.25, 0.3) is 0 Å². The van der Waals surface area contributed by atoms with Crippen LogP contribution in [0, 0.1) is 5.92 Å². The number of nitrogens with zero attached hydrogens (tertiary/aromatic N) is 3. The Morgan fingerprint density at radius 1 is 1.08 bits per heavy atom. The minimum atomic E-state index is 0.